The van der Waals surface area contributed by atoms with Gasteiger partial charge in [0, 0.05) is 13.1 Å². The molecule has 0 bridgehead atoms. The predicted molar refractivity (Wildman–Crippen MR) is 67.7 cm³/mol. The number of nitro benzene ring substituents is 1. The first-order chi connectivity index (χ1) is 8.45. The fourth-order valence-corrected chi connectivity index (χ4v) is 1.59. The number of carbonyl (C=O) groups excluding carboxylic acids is 1. The number of hydrogen-bond donors (Lipinski definition) is 0. The van der Waals surface area contributed by atoms with Gasteiger partial charge in [0.15, 0.2) is 0 Å². The van der Waals surface area contributed by atoms with Gasteiger partial charge < -0.3 is 9.64 Å². The van der Waals surface area contributed by atoms with Crippen LogP contribution in [0.25, 0.3) is 0 Å². The molecule has 98 valence electrons. The second kappa shape index (κ2) is 6.00. The number of nitrogens with zero attached hydrogens (tertiary/aromatic N) is 2. The fraction of sp³-hybridized carbons (Fsp3) is 0.417. The molecule has 0 unspecified atom stereocenters. The Morgan fingerprint density at radius 2 is 2.17 bits per heavy atom. The van der Waals surface area contributed by atoms with E-state index in [4.69, 9.17) is 4.74 Å². The van der Waals surface area contributed by atoms with Gasteiger partial charge in [-0.05, 0) is 25.5 Å². The highest BCUT2D eigenvalue weighted by Crippen LogP contribution is 2.28. The van der Waals surface area contributed by atoms with Crippen LogP contribution in [0.2, 0.25) is 0 Å². The summed E-state index contributed by atoms with van der Waals surface area (Å²) in [5.74, 6) is -0.408. The van der Waals surface area contributed by atoms with Crippen molar-refractivity contribution in [2.45, 2.75) is 13.8 Å². The van der Waals surface area contributed by atoms with Crippen LogP contribution in [0.3, 0.4) is 0 Å². The second-order valence-electron chi connectivity index (χ2n) is 3.91. The van der Waals surface area contributed by atoms with Crippen LogP contribution in [0.4, 0.5) is 11.4 Å². The van der Waals surface area contributed by atoms with Gasteiger partial charge in [0.25, 0.3) is 5.69 Å². The molecule has 0 spiro atoms. The molecule has 0 heterocycles. The highest BCUT2D eigenvalue weighted by molar-refractivity contribution is 5.77. The van der Waals surface area contributed by atoms with Gasteiger partial charge in [-0.3, -0.25) is 14.9 Å². The van der Waals surface area contributed by atoms with E-state index in [1.807, 2.05) is 0 Å². The minimum atomic E-state index is -0.454. The lowest BCUT2D eigenvalue weighted by molar-refractivity contribution is -0.384. The number of hydrogen-bond acceptors (Lipinski definition) is 5. The number of rotatable bonds is 5. The fourth-order valence-electron chi connectivity index (χ4n) is 1.59. The topological polar surface area (TPSA) is 72.7 Å². The standard InChI is InChI=1S/C12H16N2O4/c1-4-18-12(15)8-13(3)10-6-5-9(2)7-11(10)14(16)17/h5-7H,4,8H2,1-3H3. The van der Waals surface area contributed by atoms with Crippen molar-refractivity contribution in [3.63, 3.8) is 0 Å². The minimum Gasteiger partial charge on any atom is -0.465 e. The van der Waals surface area contributed by atoms with Crippen molar-refractivity contribution >= 4 is 17.3 Å². The zero-order valence-corrected chi connectivity index (χ0v) is 10.7. The molecule has 6 heteroatoms. The number of ether oxygens (including phenoxy) is 1. The van der Waals surface area contributed by atoms with Crippen LogP contribution < -0.4 is 4.90 Å². The van der Waals surface area contributed by atoms with Gasteiger partial charge in [-0.15, -0.1) is 0 Å². The van der Waals surface area contributed by atoms with Crippen LogP contribution >= 0.6 is 0 Å². The SMILES string of the molecule is CCOC(=O)CN(C)c1ccc(C)cc1[N+](=O)[O-]. The molecule has 0 saturated heterocycles. The summed E-state index contributed by atoms with van der Waals surface area (Å²) in [5.41, 5.74) is 1.19. The molecule has 18 heavy (non-hydrogen) atoms. The molecule has 0 fully saturated rings. The Hall–Kier alpha value is -2.11. The van der Waals surface area contributed by atoms with Crippen LogP contribution in [0.15, 0.2) is 18.2 Å². The highest BCUT2D eigenvalue weighted by atomic mass is 16.6. The van der Waals surface area contributed by atoms with Gasteiger partial charge in [0.05, 0.1) is 11.5 Å². The van der Waals surface area contributed by atoms with Crippen LogP contribution in [-0.4, -0.2) is 31.1 Å². The van der Waals surface area contributed by atoms with Crippen molar-refractivity contribution in [1.82, 2.24) is 0 Å². The van der Waals surface area contributed by atoms with Crippen molar-refractivity contribution in [3.05, 3.63) is 33.9 Å². The molecular weight excluding hydrogens is 236 g/mol. The first kappa shape index (κ1) is 14.0. The predicted octanol–water partition coefficient (Wildman–Crippen LogP) is 1.90. The first-order valence-electron chi connectivity index (χ1n) is 5.57. The summed E-state index contributed by atoms with van der Waals surface area (Å²) in [7, 11) is 1.62. The summed E-state index contributed by atoms with van der Waals surface area (Å²) >= 11 is 0. The Morgan fingerprint density at radius 1 is 1.50 bits per heavy atom. The van der Waals surface area contributed by atoms with E-state index in [-0.39, 0.29) is 12.2 Å². The first-order valence-corrected chi connectivity index (χ1v) is 5.57. The molecule has 0 amide bonds. The van der Waals surface area contributed by atoms with Crippen LogP contribution in [0.5, 0.6) is 0 Å². The Kier molecular flexibility index (Phi) is 4.65. The lowest BCUT2D eigenvalue weighted by Crippen LogP contribution is -2.27. The van der Waals surface area contributed by atoms with E-state index in [1.54, 1.807) is 33.0 Å². The summed E-state index contributed by atoms with van der Waals surface area (Å²) in [4.78, 5) is 23.3. The summed E-state index contributed by atoms with van der Waals surface area (Å²) in [6.07, 6.45) is 0. The number of nitro groups is 1. The Labute approximate surface area is 105 Å². The van der Waals surface area contributed by atoms with E-state index in [0.717, 1.165) is 5.56 Å². The van der Waals surface area contributed by atoms with Crippen molar-refractivity contribution < 1.29 is 14.5 Å². The minimum absolute atomic E-state index is 0.0122. The highest BCUT2D eigenvalue weighted by Gasteiger charge is 2.19. The Bertz CT molecular complexity index is 459. The average Bonchev–Trinajstić information content (AvgIpc) is 2.28. The molecule has 0 aromatic heterocycles. The maximum Gasteiger partial charge on any atom is 0.325 e. The monoisotopic (exact) mass is 252 g/mol. The van der Waals surface area contributed by atoms with E-state index in [1.165, 1.54) is 11.0 Å². The molecule has 0 aliphatic heterocycles. The number of aryl methyl sites for hydroxylation is 1. The van der Waals surface area contributed by atoms with Crippen molar-refractivity contribution in [2.75, 3.05) is 25.1 Å². The number of esters is 1. The molecule has 0 atom stereocenters. The van der Waals surface area contributed by atoms with Gasteiger partial charge in [0.1, 0.15) is 12.2 Å². The zero-order chi connectivity index (χ0) is 13.7. The molecule has 0 saturated carbocycles. The number of benzene rings is 1. The van der Waals surface area contributed by atoms with Crippen LogP contribution in [-0.2, 0) is 9.53 Å². The van der Waals surface area contributed by atoms with Crippen molar-refractivity contribution in [2.24, 2.45) is 0 Å². The lowest BCUT2D eigenvalue weighted by Gasteiger charge is -2.18. The van der Waals surface area contributed by atoms with Crippen molar-refractivity contribution in [1.29, 1.82) is 0 Å². The van der Waals surface area contributed by atoms with E-state index in [0.29, 0.717) is 12.3 Å². The van der Waals surface area contributed by atoms with Crippen LogP contribution in [0.1, 0.15) is 12.5 Å². The Morgan fingerprint density at radius 3 is 2.72 bits per heavy atom. The molecule has 0 radical (unpaired) electrons. The molecule has 0 aliphatic carbocycles. The largest absolute Gasteiger partial charge is 0.465 e. The van der Waals surface area contributed by atoms with Crippen LogP contribution in [0, 0.1) is 17.0 Å². The normalized spacial score (nSPS) is 9.94. The maximum atomic E-state index is 11.3. The lowest BCUT2D eigenvalue weighted by atomic mass is 10.2. The van der Waals surface area contributed by atoms with Gasteiger partial charge in [0.2, 0.25) is 0 Å². The van der Waals surface area contributed by atoms with E-state index in [9.17, 15) is 14.9 Å². The molecule has 1 rings (SSSR count). The molecule has 0 aliphatic rings. The summed E-state index contributed by atoms with van der Waals surface area (Å²) in [6, 6.07) is 4.88. The number of anilines is 1. The molecule has 1 aromatic rings. The van der Waals surface area contributed by atoms with Gasteiger partial charge in [-0.25, -0.2) is 0 Å². The molecule has 6 nitrogen and oxygen atoms in total. The average molecular weight is 252 g/mol. The molecule has 1 aromatic carbocycles. The molecule has 0 N–H and O–H groups in total. The molecular formula is C12H16N2O4. The maximum absolute atomic E-state index is 11.3. The third-order valence-electron chi connectivity index (χ3n) is 2.41. The van der Waals surface area contributed by atoms with E-state index < -0.39 is 10.9 Å². The smallest absolute Gasteiger partial charge is 0.325 e. The third kappa shape index (κ3) is 3.44. The summed E-state index contributed by atoms with van der Waals surface area (Å²) in [5, 5.41) is 11.0. The number of likely N-dealkylation sites (N-methyl/N-ethyl adjacent to an activating group) is 1. The zero-order valence-electron chi connectivity index (χ0n) is 10.7. The number of carbonyl (C=O) groups is 1. The van der Waals surface area contributed by atoms with Gasteiger partial charge >= 0.3 is 5.97 Å². The van der Waals surface area contributed by atoms with Gasteiger partial charge in [-0.2, -0.15) is 0 Å². The Balaban J connectivity index is 2.94. The second-order valence-corrected chi connectivity index (χ2v) is 3.91. The van der Waals surface area contributed by atoms with Crippen molar-refractivity contribution in [3.8, 4) is 0 Å². The third-order valence-corrected chi connectivity index (χ3v) is 2.41. The van der Waals surface area contributed by atoms with E-state index >= 15 is 0 Å². The quantitative estimate of drug-likeness (QED) is 0.454. The summed E-state index contributed by atoms with van der Waals surface area (Å²) < 4.78 is 4.81. The van der Waals surface area contributed by atoms with Gasteiger partial charge in [-0.1, -0.05) is 6.07 Å². The summed E-state index contributed by atoms with van der Waals surface area (Å²) in [6.45, 7) is 3.77. The van der Waals surface area contributed by atoms with E-state index in [2.05, 4.69) is 0 Å².